The molecule has 0 saturated carbocycles. The normalized spacial score (nSPS) is 11.9. The predicted octanol–water partition coefficient (Wildman–Crippen LogP) is 3.97. The van der Waals surface area contributed by atoms with Gasteiger partial charge in [-0.15, -0.1) is 5.10 Å². The number of aryl methyl sites for hydroxylation is 1. The molecule has 0 unspecified atom stereocenters. The van der Waals surface area contributed by atoms with Crippen molar-refractivity contribution in [2.24, 2.45) is 7.05 Å². The molecule has 0 atom stereocenters. The number of aromatic nitrogens is 6. The topological polar surface area (TPSA) is 81.2 Å². The molecule has 11 heteroatoms. The van der Waals surface area contributed by atoms with E-state index in [1.54, 1.807) is 35.3 Å². The van der Waals surface area contributed by atoms with E-state index in [0.717, 1.165) is 17.6 Å². The summed E-state index contributed by atoms with van der Waals surface area (Å²) in [6, 6.07) is 10.1. The molecule has 3 heterocycles. The number of alkyl halides is 3. The molecular weight excluding hydrogens is 435 g/mol. The van der Waals surface area contributed by atoms with Crippen LogP contribution in [-0.4, -0.2) is 42.3 Å². The van der Waals surface area contributed by atoms with Gasteiger partial charge < -0.3 is 4.90 Å². The highest BCUT2D eigenvalue weighted by Gasteiger charge is 2.30. The lowest BCUT2D eigenvalue weighted by Crippen LogP contribution is -2.27. The quantitative estimate of drug-likeness (QED) is 0.415. The maximum absolute atomic E-state index is 13.1. The summed E-state index contributed by atoms with van der Waals surface area (Å²) >= 11 is 0. The SMILES string of the molecule is CN(C(=O)c1cn2c(-c3ccc(C(F)(F)F)cc3)cnc2cn1)c1ccc2c(c1)nnn2C. The standard InChI is InChI=1S/C22H16F3N7O/c1-30(15-7-8-18-16(9-15)28-29-31(18)2)21(33)17-12-32-19(10-27-20(32)11-26-17)13-3-5-14(6-4-13)22(23,24)25/h3-12H,1-2H3. The highest BCUT2D eigenvalue weighted by Crippen LogP contribution is 2.31. The number of fused-ring (bicyclic) bond motifs is 2. The van der Waals surface area contributed by atoms with Crippen molar-refractivity contribution in [2.45, 2.75) is 6.18 Å². The number of hydrogen-bond acceptors (Lipinski definition) is 5. The van der Waals surface area contributed by atoms with Crippen molar-refractivity contribution in [1.29, 1.82) is 0 Å². The lowest BCUT2D eigenvalue weighted by atomic mass is 10.1. The summed E-state index contributed by atoms with van der Waals surface area (Å²) in [5.74, 6) is -0.368. The number of hydrogen-bond donors (Lipinski definition) is 0. The first-order valence-corrected chi connectivity index (χ1v) is 9.80. The van der Waals surface area contributed by atoms with Crippen LogP contribution in [0.25, 0.3) is 27.9 Å². The molecule has 8 nitrogen and oxygen atoms in total. The van der Waals surface area contributed by atoms with E-state index in [1.165, 1.54) is 35.6 Å². The van der Waals surface area contributed by atoms with Gasteiger partial charge in [-0.05, 0) is 30.3 Å². The number of rotatable bonds is 3. The Morgan fingerprint density at radius 2 is 1.79 bits per heavy atom. The van der Waals surface area contributed by atoms with Crippen LogP contribution in [0.2, 0.25) is 0 Å². The van der Waals surface area contributed by atoms with Gasteiger partial charge in [0.25, 0.3) is 5.91 Å². The molecule has 0 N–H and O–H groups in total. The van der Waals surface area contributed by atoms with Crippen molar-refractivity contribution in [2.75, 3.05) is 11.9 Å². The van der Waals surface area contributed by atoms with Crippen LogP contribution >= 0.6 is 0 Å². The fourth-order valence-electron chi connectivity index (χ4n) is 3.57. The second kappa shape index (κ2) is 7.40. The molecule has 33 heavy (non-hydrogen) atoms. The fraction of sp³-hybridized carbons (Fsp3) is 0.136. The van der Waals surface area contributed by atoms with Crippen LogP contribution in [0.15, 0.2) is 61.1 Å². The molecule has 0 radical (unpaired) electrons. The van der Waals surface area contributed by atoms with Crippen LogP contribution in [0.3, 0.4) is 0 Å². The Hall–Kier alpha value is -4.28. The van der Waals surface area contributed by atoms with Gasteiger partial charge in [-0.1, -0.05) is 17.3 Å². The molecule has 5 rings (SSSR count). The van der Waals surface area contributed by atoms with Crippen molar-refractivity contribution in [3.8, 4) is 11.3 Å². The minimum absolute atomic E-state index is 0.149. The number of benzene rings is 2. The molecule has 0 aliphatic heterocycles. The highest BCUT2D eigenvalue weighted by atomic mass is 19.4. The van der Waals surface area contributed by atoms with Gasteiger partial charge >= 0.3 is 6.18 Å². The summed E-state index contributed by atoms with van der Waals surface area (Å²) in [6.07, 6.45) is 0.0789. The van der Waals surface area contributed by atoms with Crippen molar-refractivity contribution in [1.82, 2.24) is 29.4 Å². The van der Waals surface area contributed by atoms with E-state index in [1.807, 2.05) is 6.07 Å². The van der Waals surface area contributed by atoms with Crippen molar-refractivity contribution < 1.29 is 18.0 Å². The maximum Gasteiger partial charge on any atom is 0.416 e. The molecule has 1 amide bonds. The van der Waals surface area contributed by atoms with Gasteiger partial charge in [0.2, 0.25) is 0 Å². The minimum atomic E-state index is -4.42. The Labute approximate surface area is 184 Å². The van der Waals surface area contributed by atoms with Crippen LogP contribution in [0.5, 0.6) is 0 Å². The van der Waals surface area contributed by atoms with Gasteiger partial charge in [0.15, 0.2) is 5.65 Å². The van der Waals surface area contributed by atoms with Gasteiger partial charge in [0.1, 0.15) is 11.2 Å². The van der Waals surface area contributed by atoms with Gasteiger partial charge in [-0.3, -0.25) is 9.20 Å². The lowest BCUT2D eigenvalue weighted by molar-refractivity contribution is -0.137. The zero-order valence-corrected chi connectivity index (χ0v) is 17.4. The predicted molar refractivity (Wildman–Crippen MR) is 115 cm³/mol. The van der Waals surface area contributed by atoms with Gasteiger partial charge in [0.05, 0.1) is 29.2 Å². The lowest BCUT2D eigenvalue weighted by Gasteiger charge is -2.17. The summed E-state index contributed by atoms with van der Waals surface area (Å²) < 4.78 is 41.9. The summed E-state index contributed by atoms with van der Waals surface area (Å²) in [5, 5.41) is 8.03. The molecule has 0 fully saturated rings. The Balaban J connectivity index is 1.49. The average Bonchev–Trinajstić information content (AvgIpc) is 3.40. The van der Waals surface area contributed by atoms with Gasteiger partial charge in [-0.25, -0.2) is 14.6 Å². The maximum atomic E-state index is 13.1. The first-order chi connectivity index (χ1) is 15.7. The summed E-state index contributed by atoms with van der Waals surface area (Å²) in [5.41, 5.74) is 3.04. The van der Waals surface area contributed by atoms with E-state index in [9.17, 15) is 18.0 Å². The third-order valence-electron chi connectivity index (χ3n) is 5.41. The first kappa shape index (κ1) is 20.6. The van der Waals surface area contributed by atoms with Crippen LogP contribution in [0, 0.1) is 0 Å². The first-order valence-electron chi connectivity index (χ1n) is 9.80. The number of carbonyl (C=O) groups is 1. The van der Waals surface area contributed by atoms with Crippen LogP contribution < -0.4 is 4.90 Å². The Bertz CT molecular complexity index is 1500. The fourth-order valence-corrected chi connectivity index (χ4v) is 3.57. The minimum Gasteiger partial charge on any atom is -0.310 e. The summed E-state index contributed by atoms with van der Waals surface area (Å²) in [4.78, 5) is 23.0. The average molecular weight is 451 g/mol. The Morgan fingerprint density at radius 1 is 1.03 bits per heavy atom. The highest BCUT2D eigenvalue weighted by molar-refractivity contribution is 6.05. The number of anilines is 1. The number of nitrogens with zero attached hydrogens (tertiary/aromatic N) is 7. The molecule has 5 aromatic rings. The molecule has 166 valence electrons. The van der Waals surface area contributed by atoms with Crippen molar-refractivity contribution in [3.05, 3.63) is 72.3 Å². The van der Waals surface area contributed by atoms with Gasteiger partial charge in [-0.2, -0.15) is 13.2 Å². The number of imidazole rings is 1. The van der Waals surface area contributed by atoms with Gasteiger partial charge in [0, 0.05) is 31.5 Å². The van der Waals surface area contributed by atoms with Crippen LogP contribution in [0.1, 0.15) is 16.1 Å². The van der Waals surface area contributed by atoms with E-state index in [4.69, 9.17) is 0 Å². The number of halogens is 3. The largest absolute Gasteiger partial charge is 0.416 e. The van der Waals surface area contributed by atoms with E-state index in [2.05, 4.69) is 20.3 Å². The van der Waals surface area contributed by atoms with E-state index >= 15 is 0 Å². The third kappa shape index (κ3) is 3.56. The second-order valence-corrected chi connectivity index (χ2v) is 7.47. The number of amides is 1. The van der Waals surface area contributed by atoms with Crippen molar-refractivity contribution >= 4 is 28.3 Å². The molecule has 0 aliphatic carbocycles. The molecule has 0 saturated heterocycles. The zero-order chi connectivity index (χ0) is 23.3. The number of carbonyl (C=O) groups excluding carboxylic acids is 1. The molecule has 3 aromatic heterocycles. The molecule has 0 aliphatic rings. The monoisotopic (exact) mass is 451 g/mol. The van der Waals surface area contributed by atoms with Crippen LogP contribution in [0.4, 0.5) is 18.9 Å². The van der Waals surface area contributed by atoms with E-state index in [-0.39, 0.29) is 11.6 Å². The molecule has 0 spiro atoms. The summed E-state index contributed by atoms with van der Waals surface area (Å²) in [6.45, 7) is 0. The van der Waals surface area contributed by atoms with Crippen LogP contribution in [-0.2, 0) is 13.2 Å². The Morgan fingerprint density at radius 3 is 2.52 bits per heavy atom. The Kier molecular flexibility index (Phi) is 4.62. The third-order valence-corrected chi connectivity index (χ3v) is 5.41. The summed E-state index contributed by atoms with van der Waals surface area (Å²) in [7, 11) is 3.40. The smallest absolute Gasteiger partial charge is 0.310 e. The van der Waals surface area contributed by atoms with E-state index < -0.39 is 11.7 Å². The molecular formula is C22H16F3N7O. The van der Waals surface area contributed by atoms with Crippen molar-refractivity contribution in [3.63, 3.8) is 0 Å². The molecule has 2 aromatic carbocycles. The van der Waals surface area contributed by atoms with E-state index in [0.29, 0.717) is 28.1 Å². The zero-order valence-electron chi connectivity index (χ0n) is 17.4. The second-order valence-electron chi connectivity index (χ2n) is 7.47. The molecule has 0 bridgehead atoms.